The van der Waals surface area contributed by atoms with E-state index in [0.29, 0.717) is 41.1 Å². The third kappa shape index (κ3) is 3.95. The average molecular weight is 476 g/mol. The zero-order valence-corrected chi connectivity index (χ0v) is 19.9. The van der Waals surface area contributed by atoms with E-state index in [1.165, 1.54) is 18.2 Å². The molecule has 5 nitrogen and oxygen atoms in total. The molecule has 1 aliphatic heterocycles. The van der Waals surface area contributed by atoms with Crippen LogP contribution in [0, 0.1) is 18.6 Å². The maximum absolute atomic E-state index is 14.7. The van der Waals surface area contributed by atoms with E-state index < -0.39 is 11.6 Å². The third-order valence-electron chi connectivity index (χ3n) is 6.81. The number of pyridine rings is 1. The minimum atomic E-state index is -0.645. The number of carbonyl (C=O) groups excluding carboxylic acids is 1. The quantitative estimate of drug-likeness (QED) is 0.366. The van der Waals surface area contributed by atoms with E-state index in [1.54, 1.807) is 23.6 Å². The standard InChI is InChI=1S/C28H27F2N3O2/c1-4-16(2)27-19(28(34)31-22-14-15-35-24-11-6-5-8-18(22)24)12-13-23-25(17(3)32-33(23)27)26-20(29)9-7-10-21(26)30/h5-13,16,22H,4,14-15H2,1-3H3,(H,31,34)/t16?,22-/m0/s1. The van der Waals surface area contributed by atoms with Gasteiger partial charge < -0.3 is 10.1 Å². The van der Waals surface area contributed by atoms with Gasteiger partial charge in [-0.1, -0.05) is 38.1 Å². The van der Waals surface area contributed by atoms with Crippen molar-refractivity contribution >= 4 is 11.4 Å². The summed E-state index contributed by atoms with van der Waals surface area (Å²) in [7, 11) is 0. The van der Waals surface area contributed by atoms with Crippen LogP contribution in [0.1, 0.15) is 66.0 Å². The molecule has 0 spiro atoms. The fourth-order valence-electron chi connectivity index (χ4n) is 4.88. The summed E-state index contributed by atoms with van der Waals surface area (Å²) in [5.74, 6) is -0.739. The Morgan fingerprint density at radius 2 is 1.86 bits per heavy atom. The molecule has 1 aliphatic rings. The van der Waals surface area contributed by atoms with Gasteiger partial charge in [-0.15, -0.1) is 0 Å². The Labute approximate surface area is 202 Å². The molecule has 3 heterocycles. The molecule has 5 rings (SSSR count). The Kier molecular flexibility index (Phi) is 6.01. The van der Waals surface area contributed by atoms with Gasteiger partial charge >= 0.3 is 0 Å². The molecule has 0 bridgehead atoms. The first kappa shape index (κ1) is 23.0. The van der Waals surface area contributed by atoms with E-state index >= 15 is 0 Å². The van der Waals surface area contributed by atoms with Gasteiger partial charge in [0.25, 0.3) is 5.91 Å². The number of carbonyl (C=O) groups is 1. The van der Waals surface area contributed by atoms with Gasteiger partial charge in [0, 0.05) is 17.5 Å². The molecule has 0 saturated carbocycles. The largest absolute Gasteiger partial charge is 0.493 e. The summed E-state index contributed by atoms with van der Waals surface area (Å²) in [6.45, 7) is 6.31. The number of para-hydroxylation sites is 1. The summed E-state index contributed by atoms with van der Waals surface area (Å²) in [4.78, 5) is 13.6. The van der Waals surface area contributed by atoms with E-state index in [1.807, 2.05) is 38.1 Å². The molecule has 2 aromatic carbocycles. The molecule has 0 radical (unpaired) electrons. The molecule has 2 aromatic heterocycles. The van der Waals surface area contributed by atoms with Crippen LogP contribution in [-0.2, 0) is 0 Å². The normalized spacial score (nSPS) is 16.0. The van der Waals surface area contributed by atoms with Crippen LogP contribution in [0.25, 0.3) is 16.6 Å². The number of hydrogen-bond donors (Lipinski definition) is 1. The van der Waals surface area contributed by atoms with Crippen molar-refractivity contribution in [1.82, 2.24) is 14.9 Å². The van der Waals surface area contributed by atoms with Gasteiger partial charge in [-0.05, 0) is 49.6 Å². The number of benzene rings is 2. The first-order valence-corrected chi connectivity index (χ1v) is 11.9. The fourth-order valence-corrected chi connectivity index (χ4v) is 4.88. The van der Waals surface area contributed by atoms with E-state index in [-0.39, 0.29) is 23.4 Å². The van der Waals surface area contributed by atoms with Gasteiger partial charge in [-0.2, -0.15) is 5.10 Å². The summed E-state index contributed by atoms with van der Waals surface area (Å²) in [5.41, 5.74) is 3.52. The van der Waals surface area contributed by atoms with Crippen LogP contribution in [0.4, 0.5) is 8.78 Å². The highest BCUT2D eigenvalue weighted by molar-refractivity contribution is 5.97. The Hall–Kier alpha value is -3.74. The topological polar surface area (TPSA) is 55.6 Å². The highest BCUT2D eigenvalue weighted by atomic mass is 19.1. The molecule has 0 fully saturated rings. The highest BCUT2D eigenvalue weighted by Crippen LogP contribution is 2.36. The maximum atomic E-state index is 14.7. The molecule has 1 unspecified atom stereocenters. The monoisotopic (exact) mass is 475 g/mol. The van der Waals surface area contributed by atoms with Gasteiger partial charge in [0.1, 0.15) is 17.4 Å². The summed E-state index contributed by atoms with van der Waals surface area (Å²) in [5, 5.41) is 7.82. The summed E-state index contributed by atoms with van der Waals surface area (Å²) in [6.07, 6.45) is 1.43. The molecule has 4 aromatic rings. The first-order valence-electron chi connectivity index (χ1n) is 11.9. The number of ether oxygens (including phenoxy) is 1. The lowest BCUT2D eigenvalue weighted by molar-refractivity contribution is 0.0922. The maximum Gasteiger partial charge on any atom is 0.253 e. The van der Waals surface area contributed by atoms with E-state index in [9.17, 15) is 13.6 Å². The van der Waals surface area contributed by atoms with Crippen LogP contribution in [0.2, 0.25) is 0 Å². The third-order valence-corrected chi connectivity index (χ3v) is 6.81. The van der Waals surface area contributed by atoms with Crippen molar-refractivity contribution < 1.29 is 18.3 Å². The number of aryl methyl sites for hydroxylation is 1. The minimum Gasteiger partial charge on any atom is -0.493 e. The first-order chi connectivity index (χ1) is 16.9. The lowest BCUT2D eigenvalue weighted by atomic mass is 9.96. The summed E-state index contributed by atoms with van der Waals surface area (Å²) in [6, 6.07) is 14.8. The van der Waals surface area contributed by atoms with Crippen LogP contribution in [0.15, 0.2) is 54.6 Å². The van der Waals surface area contributed by atoms with Crippen molar-refractivity contribution in [2.75, 3.05) is 6.61 Å². The number of aromatic nitrogens is 2. The Morgan fingerprint density at radius 3 is 2.60 bits per heavy atom. The van der Waals surface area contributed by atoms with E-state index in [4.69, 9.17) is 4.74 Å². The number of nitrogens with zero attached hydrogens (tertiary/aromatic N) is 2. The van der Waals surface area contributed by atoms with Crippen LogP contribution in [0.5, 0.6) is 5.75 Å². The Bertz CT molecular complexity index is 1410. The van der Waals surface area contributed by atoms with E-state index in [0.717, 1.165) is 17.7 Å². The zero-order chi connectivity index (χ0) is 24.7. The molecule has 180 valence electrons. The molecular formula is C28H27F2N3O2. The molecule has 2 atom stereocenters. The number of nitrogens with one attached hydrogen (secondary N) is 1. The van der Waals surface area contributed by atoms with Crippen LogP contribution in [0.3, 0.4) is 0 Å². The SMILES string of the molecule is CCC(C)c1c(C(=O)N[C@H]2CCOc3ccccc32)ccc2c(-c3c(F)cccc3F)c(C)nn12. The second kappa shape index (κ2) is 9.13. The van der Waals surface area contributed by atoms with Crippen LogP contribution < -0.4 is 10.1 Å². The molecular weight excluding hydrogens is 448 g/mol. The molecule has 7 heteroatoms. The predicted molar refractivity (Wildman–Crippen MR) is 131 cm³/mol. The number of rotatable bonds is 5. The van der Waals surface area contributed by atoms with Crippen molar-refractivity contribution in [2.45, 2.75) is 45.6 Å². The molecule has 1 amide bonds. The second-order valence-electron chi connectivity index (χ2n) is 9.00. The lowest BCUT2D eigenvalue weighted by Gasteiger charge is -2.27. The predicted octanol–water partition coefficient (Wildman–Crippen LogP) is 6.36. The average Bonchev–Trinajstić information content (AvgIpc) is 3.18. The van der Waals surface area contributed by atoms with Crippen molar-refractivity contribution in [3.63, 3.8) is 0 Å². The van der Waals surface area contributed by atoms with Gasteiger partial charge in [0.15, 0.2) is 0 Å². The Morgan fingerprint density at radius 1 is 1.11 bits per heavy atom. The van der Waals surface area contributed by atoms with Gasteiger partial charge in [0.2, 0.25) is 0 Å². The summed E-state index contributed by atoms with van der Waals surface area (Å²) < 4.78 is 36.8. The van der Waals surface area contributed by atoms with Gasteiger partial charge in [0.05, 0.1) is 40.7 Å². The Balaban J connectivity index is 1.62. The molecule has 0 aliphatic carbocycles. The number of halogens is 2. The fraction of sp³-hybridized carbons (Fsp3) is 0.286. The number of amides is 1. The molecule has 1 N–H and O–H groups in total. The van der Waals surface area contributed by atoms with Crippen LogP contribution >= 0.6 is 0 Å². The summed E-state index contributed by atoms with van der Waals surface area (Å²) >= 11 is 0. The van der Waals surface area contributed by atoms with Crippen LogP contribution in [-0.4, -0.2) is 22.1 Å². The van der Waals surface area contributed by atoms with Crippen molar-refractivity contribution in [1.29, 1.82) is 0 Å². The molecule has 35 heavy (non-hydrogen) atoms. The highest BCUT2D eigenvalue weighted by Gasteiger charge is 2.28. The van der Waals surface area contributed by atoms with Crippen molar-refractivity contribution in [2.24, 2.45) is 0 Å². The van der Waals surface area contributed by atoms with Gasteiger partial charge in [-0.25, -0.2) is 13.3 Å². The number of hydrogen-bond acceptors (Lipinski definition) is 3. The van der Waals surface area contributed by atoms with Crippen molar-refractivity contribution in [3.05, 3.63) is 88.7 Å². The second-order valence-corrected chi connectivity index (χ2v) is 9.00. The van der Waals surface area contributed by atoms with E-state index in [2.05, 4.69) is 10.4 Å². The molecule has 0 saturated heterocycles. The van der Waals surface area contributed by atoms with Gasteiger partial charge in [-0.3, -0.25) is 4.79 Å². The number of fused-ring (bicyclic) bond motifs is 2. The van der Waals surface area contributed by atoms with Crippen molar-refractivity contribution in [3.8, 4) is 16.9 Å². The zero-order valence-electron chi connectivity index (χ0n) is 19.9. The smallest absolute Gasteiger partial charge is 0.253 e. The lowest BCUT2D eigenvalue weighted by Crippen LogP contribution is -2.33. The minimum absolute atomic E-state index is 0.0148.